The normalized spacial score (nSPS) is 19.5. The molecule has 0 unspecified atom stereocenters. The van der Waals surface area contributed by atoms with Gasteiger partial charge < -0.3 is 0 Å². The molecule has 8 heteroatoms. The number of ketones is 1. The molecule has 2 nitrogen and oxygen atoms in total. The van der Waals surface area contributed by atoms with Gasteiger partial charge in [0.25, 0.3) is 0 Å². The van der Waals surface area contributed by atoms with E-state index in [1.54, 1.807) is 0 Å². The number of nitrogens with zero attached hydrogens (tertiary/aromatic N) is 1. The number of aromatic nitrogens is 1. The van der Waals surface area contributed by atoms with E-state index in [0.29, 0.717) is 6.07 Å². The molecule has 0 bridgehead atoms. The molecule has 21 heavy (non-hydrogen) atoms. The lowest BCUT2D eigenvalue weighted by Gasteiger charge is -2.27. The summed E-state index contributed by atoms with van der Waals surface area (Å²) in [6.45, 7) is 0. The lowest BCUT2D eigenvalue weighted by atomic mass is 9.82. The third kappa shape index (κ3) is 3.70. The van der Waals surface area contributed by atoms with Crippen LogP contribution in [-0.4, -0.2) is 16.7 Å². The van der Waals surface area contributed by atoms with E-state index in [2.05, 4.69) is 4.98 Å². The lowest BCUT2D eigenvalue weighted by molar-refractivity contribution is -0.141. The van der Waals surface area contributed by atoms with Crippen LogP contribution in [0.5, 0.6) is 0 Å². The topological polar surface area (TPSA) is 30.0 Å². The maximum Gasteiger partial charge on any atom is 0.433 e. The van der Waals surface area contributed by atoms with Gasteiger partial charge in [-0.25, -0.2) is 13.8 Å². The van der Waals surface area contributed by atoms with Gasteiger partial charge in [-0.1, -0.05) is 11.6 Å². The van der Waals surface area contributed by atoms with Crippen molar-refractivity contribution >= 4 is 17.4 Å². The van der Waals surface area contributed by atoms with Crippen LogP contribution in [0.3, 0.4) is 0 Å². The molecule has 1 aliphatic rings. The van der Waals surface area contributed by atoms with Gasteiger partial charge in [-0.05, 0) is 25.0 Å². The highest BCUT2D eigenvalue weighted by Crippen LogP contribution is 2.38. The quantitative estimate of drug-likeness (QED) is 0.445. The Bertz CT molecular complexity index is 548. The summed E-state index contributed by atoms with van der Waals surface area (Å²) in [5.74, 6) is -3.96. The lowest BCUT2D eigenvalue weighted by Crippen LogP contribution is -2.29. The van der Waals surface area contributed by atoms with Crippen LogP contribution in [0.15, 0.2) is 12.1 Å². The monoisotopic (exact) mass is 327 g/mol. The van der Waals surface area contributed by atoms with Crippen molar-refractivity contribution in [1.82, 2.24) is 4.98 Å². The average Bonchev–Trinajstić information content (AvgIpc) is 2.36. The molecule has 0 atom stereocenters. The largest absolute Gasteiger partial charge is 0.433 e. The Labute approximate surface area is 122 Å². The van der Waals surface area contributed by atoms with Crippen molar-refractivity contribution < 1.29 is 26.7 Å². The first-order chi connectivity index (χ1) is 9.60. The number of alkyl halides is 5. The second-order valence-electron chi connectivity index (χ2n) is 5.03. The molecular formula is C13H11ClF5NO. The molecular weight excluding hydrogens is 317 g/mol. The van der Waals surface area contributed by atoms with Crippen molar-refractivity contribution in [3.63, 3.8) is 0 Å². The second kappa shape index (κ2) is 5.51. The number of rotatable bonds is 2. The van der Waals surface area contributed by atoms with Crippen molar-refractivity contribution in [2.75, 3.05) is 0 Å². The molecule has 1 aliphatic carbocycles. The fraction of sp³-hybridized carbons (Fsp3) is 0.538. The van der Waals surface area contributed by atoms with Crippen LogP contribution in [-0.2, 0) is 6.18 Å². The first kappa shape index (κ1) is 16.1. The molecule has 1 heterocycles. The molecule has 0 spiro atoms. The van der Waals surface area contributed by atoms with E-state index in [9.17, 15) is 26.7 Å². The summed E-state index contributed by atoms with van der Waals surface area (Å²) in [7, 11) is 0. The van der Waals surface area contributed by atoms with Gasteiger partial charge in [0.2, 0.25) is 5.92 Å². The van der Waals surface area contributed by atoms with Gasteiger partial charge in [-0.15, -0.1) is 0 Å². The van der Waals surface area contributed by atoms with Crippen molar-refractivity contribution in [3.8, 4) is 0 Å². The smallest absolute Gasteiger partial charge is 0.294 e. The number of Topliss-reactive ketones (excluding diaryl/α,β-unsaturated/α-hetero) is 1. The molecule has 1 aromatic heterocycles. The fourth-order valence-electron chi connectivity index (χ4n) is 2.30. The predicted molar refractivity (Wildman–Crippen MR) is 65.5 cm³/mol. The number of hydrogen-bond donors (Lipinski definition) is 0. The molecule has 0 N–H and O–H groups in total. The van der Waals surface area contributed by atoms with Crippen LogP contribution in [0.4, 0.5) is 22.0 Å². The zero-order chi connectivity index (χ0) is 15.8. The molecule has 0 radical (unpaired) electrons. The van der Waals surface area contributed by atoms with Crippen LogP contribution in [0.2, 0.25) is 5.15 Å². The highest BCUT2D eigenvalue weighted by Gasteiger charge is 2.38. The Balaban J connectivity index is 2.17. The Morgan fingerprint density at radius 1 is 1.24 bits per heavy atom. The number of halogens is 6. The van der Waals surface area contributed by atoms with E-state index >= 15 is 0 Å². The second-order valence-corrected chi connectivity index (χ2v) is 5.39. The van der Waals surface area contributed by atoms with E-state index in [0.717, 1.165) is 6.07 Å². The van der Waals surface area contributed by atoms with Gasteiger partial charge in [0.05, 0.1) is 5.56 Å². The van der Waals surface area contributed by atoms with E-state index in [1.165, 1.54) is 0 Å². The Hall–Kier alpha value is -1.24. The van der Waals surface area contributed by atoms with E-state index in [1.807, 2.05) is 0 Å². The van der Waals surface area contributed by atoms with Crippen LogP contribution in [0.1, 0.15) is 41.7 Å². The molecule has 0 aliphatic heterocycles. The van der Waals surface area contributed by atoms with Gasteiger partial charge in [-0.3, -0.25) is 4.79 Å². The van der Waals surface area contributed by atoms with Crippen LogP contribution in [0, 0.1) is 5.92 Å². The van der Waals surface area contributed by atoms with Crippen LogP contribution >= 0.6 is 11.6 Å². The Kier molecular flexibility index (Phi) is 4.24. The summed E-state index contributed by atoms with van der Waals surface area (Å²) in [4.78, 5) is 15.3. The van der Waals surface area contributed by atoms with Gasteiger partial charge >= 0.3 is 6.18 Å². The van der Waals surface area contributed by atoms with Crippen molar-refractivity contribution in [2.45, 2.75) is 37.8 Å². The molecule has 2 rings (SSSR count). The predicted octanol–water partition coefficient (Wildman–Crippen LogP) is 4.76. The van der Waals surface area contributed by atoms with Crippen LogP contribution < -0.4 is 0 Å². The molecule has 0 amide bonds. The molecule has 116 valence electrons. The highest BCUT2D eigenvalue weighted by molar-refractivity contribution is 6.32. The summed E-state index contributed by atoms with van der Waals surface area (Å²) in [5.41, 5.74) is -1.35. The van der Waals surface area contributed by atoms with E-state index in [-0.39, 0.29) is 18.4 Å². The Morgan fingerprint density at radius 2 is 1.81 bits per heavy atom. The molecule has 1 aromatic rings. The van der Waals surface area contributed by atoms with E-state index in [4.69, 9.17) is 11.6 Å². The summed E-state index contributed by atoms with van der Waals surface area (Å²) < 4.78 is 63.4. The maximum atomic E-state index is 13.0. The zero-order valence-corrected chi connectivity index (χ0v) is 11.4. The Morgan fingerprint density at radius 3 is 2.29 bits per heavy atom. The van der Waals surface area contributed by atoms with Crippen molar-refractivity contribution in [1.29, 1.82) is 0 Å². The van der Waals surface area contributed by atoms with Gasteiger partial charge in [0.1, 0.15) is 10.8 Å². The van der Waals surface area contributed by atoms with E-state index < -0.39 is 47.5 Å². The highest BCUT2D eigenvalue weighted by atomic mass is 35.5. The van der Waals surface area contributed by atoms with Gasteiger partial charge in [0.15, 0.2) is 5.78 Å². The number of carbonyl (C=O) groups excluding carboxylic acids is 1. The summed E-state index contributed by atoms with van der Waals surface area (Å²) >= 11 is 5.63. The number of pyridine rings is 1. The SMILES string of the molecule is O=C(c1ccc(C(F)(F)F)nc1Cl)C1CCC(F)(F)CC1. The standard InChI is InChI=1S/C13H11ClF5NO/c14-11-8(1-2-9(20-11)13(17,18)19)10(21)7-3-5-12(15,16)6-4-7/h1-2,7H,3-6H2. The summed E-state index contributed by atoms with van der Waals surface area (Å²) in [5, 5.41) is -0.549. The first-order valence-electron chi connectivity index (χ1n) is 6.26. The minimum absolute atomic E-state index is 0.0107. The number of hydrogen-bond acceptors (Lipinski definition) is 2. The third-order valence-corrected chi connectivity index (χ3v) is 3.78. The maximum absolute atomic E-state index is 13.0. The molecule has 0 saturated heterocycles. The van der Waals surface area contributed by atoms with Crippen molar-refractivity contribution in [3.05, 3.63) is 28.5 Å². The van der Waals surface area contributed by atoms with Gasteiger partial charge in [-0.2, -0.15) is 13.2 Å². The first-order valence-corrected chi connectivity index (χ1v) is 6.64. The molecule has 0 aromatic carbocycles. The average molecular weight is 328 g/mol. The summed E-state index contributed by atoms with van der Waals surface area (Å²) in [6, 6.07) is 1.61. The zero-order valence-electron chi connectivity index (χ0n) is 10.7. The molecule has 1 fully saturated rings. The third-order valence-electron chi connectivity index (χ3n) is 3.49. The minimum Gasteiger partial charge on any atom is -0.294 e. The van der Waals surface area contributed by atoms with Gasteiger partial charge in [0, 0.05) is 18.8 Å². The fourth-order valence-corrected chi connectivity index (χ4v) is 2.55. The summed E-state index contributed by atoms with van der Waals surface area (Å²) in [6.07, 6.45) is -5.49. The minimum atomic E-state index is -4.65. The van der Waals surface area contributed by atoms with Crippen LogP contribution in [0.25, 0.3) is 0 Å². The van der Waals surface area contributed by atoms with Crippen molar-refractivity contribution in [2.24, 2.45) is 5.92 Å². The number of carbonyl (C=O) groups is 1. The molecule has 1 saturated carbocycles.